The van der Waals surface area contributed by atoms with Crippen molar-refractivity contribution in [3.8, 4) is 11.4 Å². The van der Waals surface area contributed by atoms with Gasteiger partial charge in [0.15, 0.2) is 5.65 Å². The van der Waals surface area contributed by atoms with Gasteiger partial charge in [-0.3, -0.25) is 0 Å². The standard InChI is InChI=1S/C18H18BrN7O2S/c1-26-4-3-20-16(26)10-21-13-5-11(6-14(8-13)25-29-28-27-2)17-23-15-7-12(19)9-22-18(15)24-17/h3-9,21,25H,10H2,1-2H3,(H,22,23,24). The average Bonchev–Trinajstić information content (AvgIpc) is 3.32. The molecule has 0 bridgehead atoms. The molecule has 0 aliphatic carbocycles. The molecule has 1 aromatic carbocycles. The lowest BCUT2D eigenvalue weighted by molar-refractivity contribution is -0.159. The molecule has 3 aromatic heterocycles. The van der Waals surface area contributed by atoms with Crippen molar-refractivity contribution in [3.05, 3.63) is 53.2 Å². The van der Waals surface area contributed by atoms with Crippen molar-refractivity contribution in [3.63, 3.8) is 0 Å². The van der Waals surface area contributed by atoms with Gasteiger partial charge in [0.25, 0.3) is 0 Å². The third-order valence-corrected chi connectivity index (χ3v) is 5.10. The van der Waals surface area contributed by atoms with Crippen molar-refractivity contribution < 1.29 is 9.22 Å². The van der Waals surface area contributed by atoms with Crippen LogP contribution in [-0.2, 0) is 22.8 Å². The van der Waals surface area contributed by atoms with E-state index in [4.69, 9.17) is 4.33 Å². The monoisotopic (exact) mass is 475 g/mol. The van der Waals surface area contributed by atoms with Crippen LogP contribution in [0.4, 0.5) is 11.4 Å². The van der Waals surface area contributed by atoms with E-state index in [0.29, 0.717) is 12.4 Å². The molecule has 0 atom stereocenters. The first kappa shape index (κ1) is 19.7. The fourth-order valence-electron chi connectivity index (χ4n) is 2.78. The van der Waals surface area contributed by atoms with E-state index in [1.54, 1.807) is 12.4 Å². The van der Waals surface area contributed by atoms with Crippen molar-refractivity contribution in [2.45, 2.75) is 6.54 Å². The Labute approximate surface area is 179 Å². The number of fused-ring (bicyclic) bond motifs is 1. The van der Waals surface area contributed by atoms with Crippen LogP contribution in [-0.4, -0.2) is 31.6 Å². The number of pyridine rings is 1. The van der Waals surface area contributed by atoms with Gasteiger partial charge in [0.05, 0.1) is 13.7 Å². The average molecular weight is 476 g/mol. The Bertz CT molecular complexity index is 1130. The van der Waals surface area contributed by atoms with E-state index in [0.717, 1.165) is 50.6 Å². The number of hydrogen-bond acceptors (Lipinski definition) is 8. The molecule has 3 heterocycles. The fourth-order valence-corrected chi connectivity index (χ4v) is 3.42. The van der Waals surface area contributed by atoms with Crippen LogP contribution in [0.1, 0.15) is 5.82 Å². The molecular weight excluding hydrogens is 458 g/mol. The van der Waals surface area contributed by atoms with Gasteiger partial charge in [0.2, 0.25) is 0 Å². The largest absolute Gasteiger partial charge is 0.378 e. The topological polar surface area (TPSA) is 102 Å². The molecule has 4 aromatic rings. The highest BCUT2D eigenvalue weighted by Gasteiger charge is 2.10. The summed E-state index contributed by atoms with van der Waals surface area (Å²) < 4.78 is 10.8. The Balaban J connectivity index is 1.65. The van der Waals surface area contributed by atoms with E-state index in [1.807, 2.05) is 42.1 Å². The number of H-pyrrole nitrogens is 1. The normalized spacial score (nSPS) is 11.1. The highest BCUT2D eigenvalue weighted by Crippen LogP contribution is 2.29. The predicted molar refractivity (Wildman–Crippen MR) is 117 cm³/mol. The number of aromatic nitrogens is 5. The molecule has 3 N–H and O–H groups in total. The van der Waals surface area contributed by atoms with Gasteiger partial charge < -0.3 is 19.6 Å². The highest BCUT2D eigenvalue weighted by molar-refractivity contribution is 9.10. The molecule has 0 unspecified atom stereocenters. The first-order chi connectivity index (χ1) is 14.1. The van der Waals surface area contributed by atoms with Crippen molar-refractivity contribution in [1.82, 2.24) is 24.5 Å². The molecule has 0 aliphatic rings. The van der Waals surface area contributed by atoms with E-state index >= 15 is 0 Å². The van der Waals surface area contributed by atoms with Crippen LogP contribution in [0.3, 0.4) is 0 Å². The van der Waals surface area contributed by atoms with Gasteiger partial charge in [-0.15, -0.1) is 4.33 Å². The van der Waals surface area contributed by atoms with Crippen molar-refractivity contribution >= 4 is 50.7 Å². The quantitative estimate of drug-likeness (QED) is 0.114. The smallest absolute Gasteiger partial charge is 0.157 e. The summed E-state index contributed by atoms with van der Waals surface area (Å²) in [6.07, 6.45) is 5.43. The second kappa shape index (κ2) is 8.82. The minimum absolute atomic E-state index is 0.586. The number of anilines is 2. The SMILES string of the molecule is COOSNc1cc(NCc2nccn2C)cc(-c2nc3cc(Br)cnc3[nH]2)c1. The summed E-state index contributed by atoms with van der Waals surface area (Å²) >= 11 is 4.41. The number of benzene rings is 1. The molecule has 0 spiro atoms. The Kier molecular flexibility index (Phi) is 6.00. The fraction of sp³-hybridized carbons (Fsp3) is 0.167. The molecular formula is C18H18BrN7O2S. The van der Waals surface area contributed by atoms with E-state index in [2.05, 4.69) is 50.8 Å². The number of rotatable bonds is 8. The van der Waals surface area contributed by atoms with Crippen LogP contribution in [0, 0.1) is 0 Å². The highest BCUT2D eigenvalue weighted by atomic mass is 79.9. The number of imidazole rings is 2. The van der Waals surface area contributed by atoms with Crippen LogP contribution in [0.5, 0.6) is 0 Å². The van der Waals surface area contributed by atoms with E-state index < -0.39 is 0 Å². The van der Waals surface area contributed by atoms with Gasteiger partial charge >= 0.3 is 0 Å². The van der Waals surface area contributed by atoms with Gasteiger partial charge in [-0.2, -0.15) is 0 Å². The molecule has 0 saturated heterocycles. The lowest BCUT2D eigenvalue weighted by atomic mass is 10.1. The van der Waals surface area contributed by atoms with Gasteiger partial charge in [0, 0.05) is 47.0 Å². The second-order valence-electron chi connectivity index (χ2n) is 6.13. The maximum Gasteiger partial charge on any atom is 0.157 e. The lowest BCUT2D eigenvalue weighted by Crippen LogP contribution is -2.06. The van der Waals surface area contributed by atoms with Crippen LogP contribution in [0.25, 0.3) is 22.6 Å². The Morgan fingerprint density at radius 3 is 2.86 bits per heavy atom. The van der Waals surface area contributed by atoms with Crippen molar-refractivity contribution in [2.75, 3.05) is 17.1 Å². The molecule has 4 rings (SSSR count). The summed E-state index contributed by atoms with van der Waals surface area (Å²) in [6, 6.07) is 7.87. The number of halogens is 1. The molecule has 150 valence electrons. The minimum Gasteiger partial charge on any atom is -0.378 e. The minimum atomic E-state index is 0.586. The summed E-state index contributed by atoms with van der Waals surface area (Å²) in [5, 5.41) is 3.40. The number of nitrogens with zero attached hydrogens (tertiary/aromatic N) is 4. The zero-order valence-electron chi connectivity index (χ0n) is 15.6. The molecule has 9 nitrogen and oxygen atoms in total. The molecule has 0 saturated carbocycles. The third kappa shape index (κ3) is 4.70. The van der Waals surface area contributed by atoms with Gasteiger partial charge in [-0.1, -0.05) is 0 Å². The summed E-state index contributed by atoms with van der Waals surface area (Å²) in [4.78, 5) is 21.2. The number of nitrogens with one attached hydrogen (secondary N) is 3. The lowest BCUT2D eigenvalue weighted by Gasteiger charge is -2.11. The molecule has 0 fully saturated rings. The molecule has 11 heteroatoms. The summed E-state index contributed by atoms with van der Waals surface area (Å²) in [5.74, 6) is 1.65. The van der Waals surface area contributed by atoms with E-state index in [-0.39, 0.29) is 0 Å². The van der Waals surface area contributed by atoms with Gasteiger partial charge in [0.1, 0.15) is 29.4 Å². The van der Waals surface area contributed by atoms with Crippen LogP contribution in [0.2, 0.25) is 0 Å². The third-order valence-electron chi connectivity index (χ3n) is 4.14. The zero-order valence-corrected chi connectivity index (χ0v) is 18.0. The molecule has 0 amide bonds. The predicted octanol–water partition coefficient (Wildman–Crippen LogP) is 4.29. The summed E-state index contributed by atoms with van der Waals surface area (Å²) in [5.41, 5.74) is 4.13. The van der Waals surface area contributed by atoms with E-state index in [1.165, 1.54) is 7.11 Å². The number of aryl methyl sites for hydroxylation is 1. The summed E-state index contributed by atoms with van der Waals surface area (Å²) in [6.45, 7) is 0.586. The Morgan fingerprint density at radius 1 is 1.21 bits per heavy atom. The molecule has 0 aliphatic heterocycles. The zero-order chi connectivity index (χ0) is 20.2. The van der Waals surface area contributed by atoms with Crippen LogP contribution in [0.15, 0.2) is 47.3 Å². The van der Waals surface area contributed by atoms with Crippen LogP contribution < -0.4 is 10.0 Å². The second-order valence-corrected chi connectivity index (χ2v) is 7.56. The van der Waals surface area contributed by atoms with Crippen molar-refractivity contribution in [2.24, 2.45) is 7.05 Å². The van der Waals surface area contributed by atoms with E-state index in [9.17, 15) is 0 Å². The molecule has 0 radical (unpaired) electrons. The Hall–Kier alpha value is -2.60. The van der Waals surface area contributed by atoms with Gasteiger partial charge in [-0.05, 0) is 40.2 Å². The first-order valence-electron chi connectivity index (χ1n) is 8.61. The van der Waals surface area contributed by atoms with Crippen molar-refractivity contribution in [1.29, 1.82) is 0 Å². The maximum atomic E-state index is 4.85. The Morgan fingerprint density at radius 2 is 2.07 bits per heavy atom. The molecule has 29 heavy (non-hydrogen) atoms. The number of hydrogen-bond donors (Lipinski definition) is 3. The van der Waals surface area contributed by atoms with Crippen LogP contribution >= 0.6 is 28.2 Å². The summed E-state index contributed by atoms with van der Waals surface area (Å²) in [7, 11) is 3.41. The number of aromatic amines is 1. The van der Waals surface area contributed by atoms with Gasteiger partial charge in [-0.25, -0.2) is 19.8 Å². The maximum absolute atomic E-state index is 4.85. The first-order valence-corrected chi connectivity index (χ1v) is 10.1.